The van der Waals surface area contributed by atoms with Crippen molar-refractivity contribution in [2.75, 3.05) is 4.90 Å². The summed E-state index contributed by atoms with van der Waals surface area (Å²) < 4.78 is 6.84. The minimum Gasteiger partial charge on any atom is -0.488 e. The molecule has 170 valence electrons. The molecular formula is C24H16BrN3O6. The van der Waals surface area contributed by atoms with Gasteiger partial charge in [-0.2, -0.15) is 0 Å². The van der Waals surface area contributed by atoms with Crippen molar-refractivity contribution in [2.24, 2.45) is 0 Å². The van der Waals surface area contributed by atoms with Crippen LogP contribution in [-0.2, 0) is 16.2 Å². The van der Waals surface area contributed by atoms with Crippen molar-refractivity contribution < 1.29 is 24.0 Å². The second-order valence-electron chi connectivity index (χ2n) is 7.18. The minimum atomic E-state index is -0.944. The Bertz CT molecular complexity index is 1320. The molecule has 0 radical (unpaired) electrons. The Hall–Kier alpha value is -4.31. The summed E-state index contributed by atoms with van der Waals surface area (Å²) in [6.45, 7) is 0.265. The second-order valence-corrected chi connectivity index (χ2v) is 8.10. The number of rotatable bonds is 6. The second kappa shape index (κ2) is 9.67. The Balaban J connectivity index is 1.62. The number of hydrogen-bond acceptors (Lipinski definition) is 6. The number of anilines is 1. The quantitative estimate of drug-likeness (QED) is 0.219. The predicted octanol–water partition coefficient (Wildman–Crippen LogP) is 4.60. The number of nitro groups is 1. The Morgan fingerprint density at radius 3 is 2.32 bits per heavy atom. The van der Waals surface area contributed by atoms with E-state index >= 15 is 0 Å². The number of halogens is 1. The number of carbonyl (C=O) groups excluding carboxylic acids is 3. The smallest absolute Gasteiger partial charge is 0.335 e. The Morgan fingerprint density at radius 2 is 1.65 bits per heavy atom. The summed E-state index contributed by atoms with van der Waals surface area (Å²) >= 11 is 3.38. The lowest BCUT2D eigenvalue weighted by Crippen LogP contribution is -2.54. The highest BCUT2D eigenvalue weighted by Gasteiger charge is 2.37. The van der Waals surface area contributed by atoms with Crippen molar-refractivity contribution in [3.8, 4) is 5.75 Å². The molecule has 3 aromatic carbocycles. The third-order valence-corrected chi connectivity index (χ3v) is 5.48. The van der Waals surface area contributed by atoms with E-state index < -0.39 is 22.8 Å². The van der Waals surface area contributed by atoms with Gasteiger partial charge < -0.3 is 4.74 Å². The van der Waals surface area contributed by atoms with E-state index in [1.54, 1.807) is 24.3 Å². The van der Waals surface area contributed by atoms with E-state index in [1.807, 2.05) is 24.3 Å². The van der Waals surface area contributed by atoms with Crippen LogP contribution >= 0.6 is 15.9 Å². The number of hydrogen-bond donors (Lipinski definition) is 1. The zero-order valence-electron chi connectivity index (χ0n) is 17.4. The van der Waals surface area contributed by atoms with Gasteiger partial charge in [-0.25, -0.2) is 9.69 Å². The Labute approximate surface area is 201 Å². The zero-order valence-corrected chi connectivity index (χ0v) is 19.0. The molecule has 1 heterocycles. The van der Waals surface area contributed by atoms with Crippen molar-refractivity contribution in [1.29, 1.82) is 0 Å². The molecule has 0 unspecified atom stereocenters. The molecule has 0 atom stereocenters. The standard InChI is InChI=1S/C24H16BrN3O6/c25-17-7-5-15(6-8-17)14-34-21-4-2-1-3-16(21)13-20-22(29)26-24(31)27(23(20)30)18-9-11-19(12-10-18)28(32)33/h1-13H,14H2,(H,26,29,31)/b20-13+. The molecular weight excluding hydrogens is 506 g/mol. The third-order valence-electron chi connectivity index (χ3n) is 4.95. The maximum atomic E-state index is 13.1. The minimum absolute atomic E-state index is 0.0891. The fourth-order valence-electron chi connectivity index (χ4n) is 3.24. The van der Waals surface area contributed by atoms with Crippen LogP contribution in [0.1, 0.15) is 11.1 Å². The third kappa shape index (κ3) is 4.86. The van der Waals surface area contributed by atoms with Crippen LogP contribution in [0, 0.1) is 10.1 Å². The van der Waals surface area contributed by atoms with Crippen molar-refractivity contribution >= 4 is 51.2 Å². The number of amides is 4. The number of non-ortho nitro benzene ring substituents is 1. The first kappa shape index (κ1) is 22.9. The van der Waals surface area contributed by atoms with E-state index in [0.29, 0.717) is 11.3 Å². The van der Waals surface area contributed by atoms with E-state index in [0.717, 1.165) is 14.9 Å². The van der Waals surface area contributed by atoms with Crippen molar-refractivity contribution in [3.05, 3.63) is 104 Å². The lowest BCUT2D eigenvalue weighted by atomic mass is 10.1. The number of benzene rings is 3. The number of carbonyl (C=O) groups is 3. The van der Waals surface area contributed by atoms with Crippen LogP contribution in [0.5, 0.6) is 5.75 Å². The molecule has 0 spiro atoms. The molecule has 4 amide bonds. The molecule has 0 saturated carbocycles. The normalized spacial score (nSPS) is 14.8. The number of nitrogens with zero attached hydrogens (tertiary/aromatic N) is 2. The molecule has 0 bridgehead atoms. The van der Waals surface area contributed by atoms with Gasteiger partial charge in [-0.1, -0.05) is 46.3 Å². The first-order valence-electron chi connectivity index (χ1n) is 9.95. The molecule has 1 N–H and O–H groups in total. The SMILES string of the molecule is O=C1NC(=O)N(c2ccc([N+](=O)[O-])cc2)C(=O)/C1=C/c1ccccc1OCc1ccc(Br)cc1. The van der Waals surface area contributed by atoms with Crippen molar-refractivity contribution in [1.82, 2.24) is 5.32 Å². The summed E-state index contributed by atoms with van der Waals surface area (Å²) in [5, 5.41) is 13.0. The van der Waals surface area contributed by atoms with Gasteiger partial charge in [0, 0.05) is 22.2 Å². The summed E-state index contributed by atoms with van der Waals surface area (Å²) in [5.74, 6) is -1.27. The molecule has 1 fully saturated rings. The van der Waals surface area contributed by atoms with Gasteiger partial charge in [0.05, 0.1) is 10.6 Å². The molecule has 34 heavy (non-hydrogen) atoms. The van der Waals surface area contributed by atoms with Crippen LogP contribution in [0.2, 0.25) is 0 Å². The molecule has 4 rings (SSSR count). The fourth-order valence-corrected chi connectivity index (χ4v) is 3.51. The zero-order chi connectivity index (χ0) is 24.2. The number of imide groups is 2. The number of urea groups is 1. The van der Waals surface area contributed by atoms with Gasteiger partial charge in [0.25, 0.3) is 17.5 Å². The monoisotopic (exact) mass is 521 g/mol. The van der Waals surface area contributed by atoms with E-state index in [2.05, 4.69) is 21.2 Å². The fraction of sp³-hybridized carbons (Fsp3) is 0.0417. The molecule has 1 aliphatic rings. The largest absolute Gasteiger partial charge is 0.488 e. The van der Waals surface area contributed by atoms with Crippen molar-refractivity contribution in [2.45, 2.75) is 6.61 Å². The van der Waals surface area contributed by atoms with Crippen LogP contribution in [0.4, 0.5) is 16.2 Å². The summed E-state index contributed by atoms with van der Waals surface area (Å²) in [7, 11) is 0. The summed E-state index contributed by atoms with van der Waals surface area (Å²) in [4.78, 5) is 49.0. The highest BCUT2D eigenvalue weighted by atomic mass is 79.9. The molecule has 0 aromatic heterocycles. The van der Waals surface area contributed by atoms with Gasteiger partial charge in [0.2, 0.25) is 0 Å². The summed E-state index contributed by atoms with van der Waals surface area (Å²) in [5.41, 5.74) is 1.00. The van der Waals surface area contributed by atoms with Crippen LogP contribution in [-0.4, -0.2) is 22.8 Å². The molecule has 3 aromatic rings. The molecule has 0 aliphatic carbocycles. The summed E-state index contributed by atoms with van der Waals surface area (Å²) in [6, 6.07) is 18.4. The van der Waals surface area contributed by atoms with Gasteiger partial charge in [-0.3, -0.25) is 25.0 Å². The number of para-hydroxylation sites is 1. The molecule has 9 nitrogen and oxygen atoms in total. The van der Waals surface area contributed by atoms with Gasteiger partial charge in [0.1, 0.15) is 17.9 Å². The average Bonchev–Trinajstić information content (AvgIpc) is 2.82. The van der Waals surface area contributed by atoms with Crippen LogP contribution in [0.3, 0.4) is 0 Å². The van der Waals surface area contributed by atoms with Crippen molar-refractivity contribution in [3.63, 3.8) is 0 Å². The van der Waals surface area contributed by atoms with Gasteiger partial charge in [-0.15, -0.1) is 0 Å². The topological polar surface area (TPSA) is 119 Å². The van der Waals surface area contributed by atoms with E-state index in [4.69, 9.17) is 4.74 Å². The first-order valence-corrected chi connectivity index (χ1v) is 10.7. The number of barbiturate groups is 1. The van der Waals surface area contributed by atoms with Crippen LogP contribution in [0.15, 0.2) is 82.8 Å². The lowest BCUT2D eigenvalue weighted by Gasteiger charge is -2.26. The average molecular weight is 522 g/mol. The molecule has 10 heteroatoms. The molecule has 1 saturated heterocycles. The van der Waals surface area contributed by atoms with E-state index in [-0.39, 0.29) is 23.6 Å². The molecule has 1 aliphatic heterocycles. The first-order chi connectivity index (χ1) is 16.3. The highest BCUT2D eigenvalue weighted by molar-refractivity contribution is 9.10. The van der Waals surface area contributed by atoms with Crippen LogP contribution < -0.4 is 15.0 Å². The van der Waals surface area contributed by atoms with Crippen LogP contribution in [0.25, 0.3) is 6.08 Å². The summed E-state index contributed by atoms with van der Waals surface area (Å²) in [6.07, 6.45) is 1.35. The number of nitro benzene ring substituents is 1. The maximum Gasteiger partial charge on any atom is 0.335 e. The highest BCUT2D eigenvalue weighted by Crippen LogP contribution is 2.27. The predicted molar refractivity (Wildman–Crippen MR) is 127 cm³/mol. The number of ether oxygens (including phenoxy) is 1. The Morgan fingerprint density at radius 1 is 0.971 bits per heavy atom. The van der Waals surface area contributed by atoms with Gasteiger partial charge in [0.15, 0.2) is 0 Å². The van der Waals surface area contributed by atoms with Gasteiger partial charge in [-0.05, 0) is 42.0 Å². The van der Waals surface area contributed by atoms with E-state index in [9.17, 15) is 24.5 Å². The van der Waals surface area contributed by atoms with E-state index in [1.165, 1.54) is 30.3 Å². The number of nitrogens with one attached hydrogen (secondary N) is 1. The lowest BCUT2D eigenvalue weighted by molar-refractivity contribution is -0.384. The Kier molecular flexibility index (Phi) is 6.51. The maximum absolute atomic E-state index is 13.1. The van der Waals surface area contributed by atoms with Gasteiger partial charge >= 0.3 is 6.03 Å².